The summed E-state index contributed by atoms with van der Waals surface area (Å²) in [6.45, 7) is 2.38. The molecule has 0 aliphatic carbocycles. The summed E-state index contributed by atoms with van der Waals surface area (Å²) in [5, 5.41) is 15.2. The lowest BCUT2D eigenvalue weighted by molar-refractivity contribution is 0.292. The van der Waals surface area contributed by atoms with Crippen molar-refractivity contribution in [3.05, 3.63) is 66.0 Å². The third-order valence-corrected chi connectivity index (χ3v) is 3.86. The van der Waals surface area contributed by atoms with Gasteiger partial charge in [0.05, 0.1) is 5.69 Å². The molecule has 2 aromatic carbocycles. The molecule has 26 heavy (non-hydrogen) atoms. The van der Waals surface area contributed by atoms with Gasteiger partial charge in [-0.1, -0.05) is 36.4 Å². The minimum atomic E-state index is -0.270. The number of anilines is 3. The maximum atomic E-state index is 13.8. The summed E-state index contributed by atoms with van der Waals surface area (Å²) in [6, 6.07) is 16.6. The number of aliphatic hydroxyl groups is 1. The Balaban J connectivity index is 1.91. The van der Waals surface area contributed by atoms with Crippen LogP contribution < -0.4 is 10.6 Å². The van der Waals surface area contributed by atoms with E-state index in [1.54, 1.807) is 13.0 Å². The maximum absolute atomic E-state index is 13.8. The zero-order chi connectivity index (χ0) is 18.4. The molecule has 1 aromatic heterocycles. The molecule has 0 aliphatic rings. The molecule has 134 valence electrons. The molecule has 3 N–H and O–H groups in total. The quantitative estimate of drug-likeness (QED) is 0.558. The number of rotatable bonds is 7. The Bertz CT molecular complexity index is 871. The minimum Gasteiger partial charge on any atom is -0.396 e. The summed E-state index contributed by atoms with van der Waals surface area (Å²) >= 11 is 0. The normalized spacial score (nSPS) is 10.6. The average Bonchev–Trinajstić information content (AvgIpc) is 2.66. The topological polar surface area (TPSA) is 70.1 Å². The van der Waals surface area contributed by atoms with Crippen LogP contribution in [0.4, 0.5) is 21.8 Å². The zero-order valence-electron chi connectivity index (χ0n) is 14.5. The fourth-order valence-corrected chi connectivity index (χ4v) is 2.44. The summed E-state index contributed by atoms with van der Waals surface area (Å²) in [6.07, 6.45) is 0.602. The van der Waals surface area contributed by atoms with Crippen LogP contribution in [0, 0.1) is 12.7 Å². The Morgan fingerprint density at radius 1 is 1.04 bits per heavy atom. The van der Waals surface area contributed by atoms with E-state index in [0.29, 0.717) is 36.0 Å². The predicted octanol–water partition coefficient (Wildman–Crippen LogP) is 4.13. The van der Waals surface area contributed by atoms with Crippen LogP contribution in [-0.4, -0.2) is 28.2 Å². The molecule has 0 aliphatic heterocycles. The number of hydrogen-bond acceptors (Lipinski definition) is 5. The number of aryl methyl sites for hydroxylation is 1. The molecule has 0 fully saturated rings. The number of nitrogens with zero attached hydrogens (tertiary/aromatic N) is 2. The molecule has 0 amide bonds. The number of halogens is 1. The summed E-state index contributed by atoms with van der Waals surface area (Å²) in [7, 11) is 0. The van der Waals surface area contributed by atoms with Crippen LogP contribution in [0.1, 0.15) is 12.0 Å². The van der Waals surface area contributed by atoms with Gasteiger partial charge in [-0.2, -0.15) is 4.98 Å². The first-order valence-corrected chi connectivity index (χ1v) is 8.48. The molecule has 0 radical (unpaired) electrons. The van der Waals surface area contributed by atoms with E-state index in [4.69, 9.17) is 5.11 Å². The molecule has 0 bridgehead atoms. The van der Waals surface area contributed by atoms with Gasteiger partial charge >= 0.3 is 0 Å². The van der Waals surface area contributed by atoms with Crippen molar-refractivity contribution in [1.29, 1.82) is 0 Å². The number of aliphatic hydroxyl groups excluding tert-OH is 1. The fraction of sp³-hybridized carbons (Fsp3) is 0.200. The highest BCUT2D eigenvalue weighted by Crippen LogP contribution is 2.24. The smallest absolute Gasteiger partial charge is 0.225 e. The fourth-order valence-electron chi connectivity index (χ4n) is 2.44. The molecule has 3 aromatic rings. The molecular weight excluding hydrogens is 331 g/mol. The second kappa shape index (κ2) is 8.40. The van der Waals surface area contributed by atoms with E-state index < -0.39 is 0 Å². The average molecular weight is 352 g/mol. The Labute approximate surface area is 152 Å². The van der Waals surface area contributed by atoms with Gasteiger partial charge in [0.15, 0.2) is 0 Å². The van der Waals surface area contributed by atoms with Gasteiger partial charge in [-0.05, 0) is 31.0 Å². The highest BCUT2D eigenvalue weighted by atomic mass is 19.1. The summed E-state index contributed by atoms with van der Waals surface area (Å²) in [5.41, 5.74) is 2.92. The van der Waals surface area contributed by atoms with Crippen LogP contribution in [0.15, 0.2) is 54.6 Å². The zero-order valence-corrected chi connectivity index (χ0v) is 14.5. The predicted molar refractivity (Wildman–Crippen MR) is 102 cm³/mol. The summed E-state index contributed by atoms with van der Waals surface area (Å²) < 4.78 is 13.8. The Morgan fingerprint density at radius 2 is 1.85 bits per heavy atom. The lowest BCUT2D eigenvalue weighted by Gasteiger charge is -2.12. The first-order valence-electron chi connectivity index (χ1n) is 8.48. The van der Waals surface area contributed by atoms with E-state index in [1.165, 1.54) is 6.07 Å². The van der Waals surface area contributed by atoms with Crippen LogP contribution in [-0.2, 0) is 0 Å². The molecule has 6 heteroatoms. The summed E-state index contributed by atoms with van der Waals surface area (Å²) in [4.78, 5) is 8.97. The van der Waals surface area contributed by atoms with Gasteiger partial charge in [-0.25, -0.2) is 9.37 Å². The largest absolute Gasteiger partial charge is 0.396 e. The van der Waals surface area contributed by atoms with Gasteiger partial charge in [-0.3, -0.25) is 0 Å². The Kier molecular flexibility index (Phi) is 5.76. The third-order valence-electron chi connectivity index (χ3n) is 3.86. The SMILES string of the molecule is Cc1ccc(Nc2cc(-c3ccccc3)nc(NCCCO)n2)cc1F. The van der Waals surface area contributed by atoms with Gasteiger partial charge in [0.25, 0.3) is 0 Å². The van der Waals surface area contributed by atoms with Crippen LogP contribution in [0.25, 0.3) is 11.3 Å². The number of nitrogens with one attached hydrogen (secondary N) is 2. The molecular formula is C20H21FN4O. The van der Waals surface area contributed by atoms with Crippen LogP contribution in [0.3, 0.4) is 0 Å². The van der Waals surface area contributed by atoms with Crippen molar-refractivity contribution in [3.8, 4) is 11.3 Å². The Morgan fingerprint density at radius 3 is 2.58 bits per heavy atom. The molecule has 0 saturated carbocycles. The van der Waals surface area contributed by atoms with Crippen molar-refractivity contribution < 1.29 is 9.50 Å². The van der Waals surface area contributed by atoms with Crippen molar-refractivity contribution in [2.45, 2.75) is 13.3 Å². The number of aromatic nitrogens is 2. The van der Waals surface area contributed by atoms with Gasteiger partial charge in [0.1, 0.15) is 11.6 Å². The van der Waals surface area contributed by atoms with E-state index in [0.717, 1.165) is 11.3 Å². The van der Waals surface area contributed by atoms with E-state index in [2.05, 4.69) is 20.6 Å². The van der Waals surface area contributed by atoms with Gasteiger partial charge in [0, 0.05) is 30.5 Å². The third kappa shape index (κ3) is 4.55. The first kappa shape index (κ1) is 17.8. The highest BCUT2D eigenvalue weighted by molar-refractivity contribution is 5.67. The second-order valence-electron chi connectivity index (χ2n) is 5.92. The molecule has 0 unspecified atom stereocenters. The first-order chi connectivity index (χ1) is 12.7. The summed E-state index contributed by atoms with van der Waals surface area (Å²) in [5.74, 6) is 0.747. The molecule has 3 rings (SSSR count). The van der Waals surface area contributed by atoms with E-state index in [-0.39, 0.29) is 12.4 Å². The van der Waals surface area contributed by atoms with Gasteiger partial charge in [0.2, 0.25) is 5.95 Å². The molecule has 1 heterocycles. The van der Waals surface area contributed by atoms with Crippen LogP contribution >= 0.6 is 0 Å². The monoisotopic (exact) mass is 352 g/mol. The minimum absolute atomic E-state index is 0.0964. The van der Waals surface area contributed by atoms with E-state index in [1.807, 2.05) is 42.5 Å². The van der Waals surface area contributed by atoms with Gasteiger partial charge < -0.3 is 15.7 Å². The van der Waals surface area contributed by atoms with E-state index in [9.17, 15) is 4.39 Å². The van der Waals surface area contributed by atoms with E-state index >= 15 is 0 Å². The molecule has 0 atom stereocenters. The van der Waals surface area contributed by atoms with Crippen LogP contribution in [0.2, 0.25) is 0 Å². The standard InChI is InChI=1S/C20H21FN4O/c1-14-8-9-16(12-17(14)21)23-19-13-18(15-6-3-2-4-7-15)24-20(25-19)22-10-5-11-26/h2-4,6-9,12-13,26H,5,10-11H2,1H3,(H2,22,23,24,25). The van der Waals surface area contributed by atoms with Crippen LogP contribution in [0.5, 0.6) is 0 Å². The molecule has 0 saturated heterocycles. The Hall–Kier alpha value is -2.99. The number of benzene rings is 2. The lowest BCUT2D eigenvalue weighted by atomic mass is 10.1. The van der Waals surface area contributed by atoms with Crippen molar-refractivity contribution in [1.82, 2.24) is 9.97 Å². The molecule has 0 spiro atoms. The lowest BCUT2D eigenvalue weighted by Crippen LogP contribution is -2.08. The van der Waals surface area contributed by atoms with Gasteiger partial charge in [-0.15, -0.1) is 0 Å². The number of hydrogen-bond donors (Lipinski definition) is 3. The van der Waals surface area contributed by atoms with Crippen molar-refractivity contribution in [2.24, 2.45) is 0 Å². The van der Waals surface area contributed by atoms with Crippen molar-refractivity contribution in [3.63, 3.8) is 0 Å². The van der Waals surface area contributed by atoms with Crippen molar-refractivity contribution >= 4 is 17.5 Å². The highest BCUT2D eigenvalue weighted by Gasteiger charge is 2.08. The maximum Gasteiger partial charge on any atom is 0.225 e. The second-order valence-corrected chi connectivity index (χ2v) is 5.92. The molecule has 5 nitrogen and oxygen atoms in total. The van der Waals surface area contributed by atoms with Crippen molar-refractivity contribution in [2.75, 3.05) is 23.8 Å².